The average molecular weight is 312 g/mol. The highest BCUT2D eigenvalue weighted by Crippen LogP contribution is 2.63. The zero-order valence-electron chi connectivity index (χ0n) is 14.7. The van der Waals surface area contributed by atoms with Crippen molar-refractivity contribution in [2.45, 2.75) is 72.1 Å². The van der Waals surface area contributed by atoms with Gasteiger partial charge in [-0.25, -0.2) is 0 Å². The topological polar surface area (TPSA) is 34.1 Å². The van der Waals surface area contributed by atoms with Crippen LogP contribution in [0.1, 0.15) is 72.1 Å². The molecule has 0 aliphatic heterocycles. The number of allylic oxidation sites excluding steroid dienone is 4. The Morgan fingerprint density at radius 3 is 2.61 bits per heavy atom. The molecule has 0 saturated heterocycles. The predicted molar refractivity (Wildman–Crippen MR) is 90.9 cm³/mol. The molecule has 1 fully saturated rings. The molecule has 0 amide bonds. The fourth-order valence-corrected chi connectivity index (χ4v) is 6.47. The molecular formula is C21H28O2. The number of rotatable bonds is 1. The van der Waals surface area contributed by atoms with Crippen LogP contribution in [0.5, 0.6) is 0 Å². The average Bonchev–Trinajstić information content (AvgIpc) is 2.85. The van der Waals surface area contributed by atoms with Gasteiger partial charge in [-0.1, -0.05) is 30.6 Å². The van der Waals surface area contributed by atoms with Crippen molar-refractivity contribution in [1.82, 2.24) is 0 Å². The van der Waals surface area contributed by atoms with E-state index in [0.717, 1.165) is 38.5 Å². The molecule has 0 spiro atoms. The van der Waals surface area contributed by atoms with Gasteiger partial charge in [0.05, 0.1) is 0 Å². The minimum absolute atomic E-state index is 0.136. The van der Waals surface area contributed by atoms with Gasteiger partial charge in [0, 0.05) is 17.8 Å². The second-order valence-electron chi connectivity index (χ2n) is 8.77. The molecule has 1 saturated carbocycles. The van der Waals surface area contributed by atoms with Crippen LogP contribution in [0.15, 0.2) is 22.8 Å². The molecule has 0 N–H and O–H groups in total. The van der Waals surface area contributed by atoms with Gasteiger partial charge in [0.15, 0.2) is 5.78 Å². The van der Waals surface area contributed by atoms with E-state index in [2.05, 4.69) is 13.8 Å². The van der Waals surface area contributed by atoms with E-state index in [1.54, 1.807) is 18.1 Å². The molecule has 2 nitrogen and oxygen atoms in total. The lowest BCUT2D eigenvalue weighted by atomic mass is 9.53. The van der Waals surface area contributed by atoms with Gasteiger partial charge in [-0.05, 0) is 69.3 Å². The normalized spacial score (nSPS) is 42.7. The summed E-state index contributed by atoms with van der Waals surface area (Å²) in [7, 11) is 0. The van der Waals surface area contributed by atoms with E-state index in [0.29, 0.717) is 23.9 Å². The van der Waals surface area contributed by atoms with Crippen LogP contribution in [0, 0.1) is 22.7 Å². The van der Waals surface area contributed by atoms with E-state index in [9.17, 15) is 9.59 Å². The van der Waals surface area contributed by atoms with Crippen molar-refractivity contribution < 1.29 is 9.59 Å². The minimum atomic E-state index is 0.136. The maximum Gasteiger partial charge on any atom is 0.155 e. The van der Waals surface area contributed by atoms with Gasteiger partial charge in [0.2, 0.25) is 0 Å². The van der Waals surface area contributed by atoms with Crippen LogP contribution in [0.3, 0.4) is 0 Å². The summed E-state index contributed by atoms with van der Waals surface area (Å²) in [5.41, 5.74) is 5.03. The van der Waals surface area contributed by atoms with Gasteiger partial charge < -0.3 is 0 Å². The number of fused-ring (bicyclic) bond motifs is 4. The number of carbonyl (C=O) groups excluding carboxylic acids is 2. The van der Waals surface area contributed by atoms with E-state index in [-0.39, 0.29) is 16.7 Å². The van der Waals surface area contributed by atoms with Gasteiger partial charge in [-0.2, -0.15) is 0 Å². The first-order valence-corrected chi connectivity index (χ1v) is 9.33. The largest absolute Gasteiger partial charge is 0.300 e. The Morgan fingerprint density at radius 1 is 1.09 bits per heavy atom. The predicted octanol–water partition coefficient (Wildman–Crippen LogP) is 4.79. The minimum Gasteiger partial charge on any atom is -0.300 e. The van der Waals surface area contributed by atoms with Crippen molar-refractivity contribution in [1.29, 1.82) is 0 Å². The van der Waals surface area contributed by atoms with Crippen LogP contribution in [-0.2, 0) is 9.59 Å². The van der Waals surface area contributed by atoms with Crippen LogP contribution in [0.4, 0.5) is 0 Å². The van der Waals surface area contributed by atoms with E-state index >= 15 is 0 Å². The fraction of sp³-hybridized carbons (Fsp3) is 0.714. The Morgan fingerprint density at radius 2 is 1.87 bits per heavy atom. The molecule has 124 valence electrons. The molecule has 0 radical (unpaired) electrons. The zero-order valence-corrected chi connectivity index (χ0v) is 14.7. The molecular weight excluding hydrogens is 284 g/mol. The summed E-state index contributed by atoms with van der Waals surface area (Å²) in [5.74, 6) is 1.58. The van der Waals surface area contributed by atoms with E-state index in [1.165, 1.54) is 12.0 Å². The van der Waals surface area contributed by atoms with Crippen molar-refractivity contribution in [3.63, 3.8) is 0 Å². The number of hydrogen-bond acceptors (Lipinski definition) is 2. The van der Waals surface area contributed by atoms with Crippen LogP contribution >= 0.6 is 0 Å². The molecule has 23 heavy (non-hydrogen) atoms. The Bertz CT molecular complexity index is 653. The maximum absolute atomic E-state index is 12.1. The highest BCUT2D eigenvalue weighted by molar-refractivity contribution is 5.92. The molecule has 4 rings (SSSR count). The van der Waals surface area contributed by atoms with E-state index < -0.39 is 0 Å². The molecule has 0 aromatic rings. The summed E-state index contributed by atoms with van der Waals surface area (Å²) in [5, 5.41) is 0. The molecule has 0 aromatic carbocycles. The quantitative estimate of drug-likeness (QED) is 0.652. The van der Waals surface area contributed by atoms with Crippen LogP contribution in [-0.4, -0.2) is 11.6 Å². The van der Waals surface area contributed by atoms with Crippen molar-refractivity contribution in [2.24, 2.45) is 22.7 Å². The SMILES string of the molecule is CC(=O)C1CCC2C3=C(CCC12C)C1(C)CCC(=O)C=C1CC3. The van der Waals surface area contributed by atoms with Crippen LogP contribution < -0.4 is 0 Å². The Labute approximate surface area is 139 Å². The van der Waals surface area contributed by atoms with Gasteiger partial charge in [0.1, 0.15) is 5.78 Å². The van der Waals surface area contributed by atoms with Crippen molar-refractivity contribution in [2.75, 3.05) is 0 Å². The number of ketones is 2. The smallest absolute Gasteiger partial charge is 0.155 e. The van der Waals surface area contributed by atoms with Crippen LogP contribution in [0.25, 0.3) is 0 Å². The Hall–Kier alpha value is -1.18. The van der Waals surface area contributed by atoms with E-state index in [1.807, 2.05) is 6.08 Å². The number of hydrogen-bond donors (Lipinski definition) is 0. The summed E-state index contributed by atoms with van der Waals surface area (Å²) in [4.78, 5) is 24.0. The van der Waals surface area contributed by atoms with E-state index in [4.69, 9.17) is 0 Å². The lowest BCUT2D eigenvalue weighted by Gasteiger charge is -2.51. The highest BCUT2D eigenvalue weighted by atomic mass is 16.1. The first-order valence-electron chi connectivity index (χ1n) is 9.33. The molecule has 4 aliphatic rings. The Balaban J connectivity index is 1.77. The van der Waals surface area contributed by atoms with Gasteiger partial charge in [-0.15, -0.1) is 0 Å². The number of Topliss-reactive ketones (excluding diaryl/α,β-unsaturated/α-hetero) is 1. The molecule has 4 aliphatic carbocycles. The van der Waals surface area contributed by atoms with Gasteiger partial charge in [-0.3, -0.25) is 9.59 Å². The third-order valence-electron chi connectivity index (χ3n) is 7.79. The lowest BCUT2D eigenvalue weighted by molar-refractivity contribution is -0.124. The standard InChI is InChI=1S/C21H28O2/c1-13(22)17-6-7-18-16-5-4-14-12-15(23)8-10-20(14,2)19(16)9-11-21(17,18)3/h12,17-18H,4-11H2,1-3H3. The van der Waals surface area contributed by atoms with Gasteiger partial charge in [0.25, 0.3) is 0 Å². The second-order valence-corrected chi connectivity index (χ2v) is 8.77. The monoisotopic (exact) mass is 312 g/mol. The summed E-state index contributed by atoms with van der Waals surface area (Å²) in [6.07, 6.45) is 10.4. The third-order valence-corrected chi connectivity index (χ3v) is 7.79. The first-order chi connectivity index (χ1) is 10.9. The van der Waals surface area contributed by atoms with Crippen molar-refractivity contribution in [3.8, 4) is 0 Å². The fourth-order valence-electron chi connectivity index (χ4n) is 6.47. The first kappa shape index (κ1) is 15.4. The molecule has 0 bridgehead atoms. The third kappa shape index (κ3) is 1.99. The molecule has 0 aromatic heterocycles. The van der Waals surface area contributed by atoms with Crippen molar-refractivity contribution >= 4 is 11.6 Å². The van der Waals surface area contributed by atoms with Crippen LogP contribution in [0.2, 0.25) is 0 Å². The molecule has 4 unspecified atom stereocenters. The summed E-state index contributed by atoms with van der Waals surface area (Å²) in [6.45, 7) is 6.54. The number of carbonyl (C=O) groups is 2. The Kier molecular flexibility index (Phi) is 3.28. The zero-order chi connectivity index (χ0) is 16.4. The summed E-state index contributed by atoms with van der Waals surface area (Å²) in [6, 6.07) is 0. The maximum atomic E-state index is 12.1. The lowest BCUT2D eigenvalue weighted by Crippen LogP contribution is -2.41. The summed E-state index contributed by atoms with van der Waals surface area (Å²) >= 11 is 0. The highest BCUT2D eigenvalue weighted by Gasteiger charge is 2.54. The second kappa shape index (κ2) is 4.91. The van der Waals surface area contributed by atoms with Crippen molar-refractivity contribution in [3.05, 3.63) is 22.8 Å². The molecule has 2 heteroatoms. The summed E-state index contributed by atoms with van der Waals surface area (Å²) < 4.78 is 0. The molecule has 0 heterocycles. The molecule has 4 atom stereocenters. The van der Waals surface area contributed by atoms with Gasteiger partial charge >= 0.3 is 0 Å².